The van der Waals surface area contributed by atoms with Crippen LogP contribution in [0.2, 0.25) is 0 Å². The van der Waals surface area contributed by atoms with Gasteiger partial charge in [-0.25, -0.2) is 4.39 Å². The number of halogens is 2. The molecule has 0 aromatic heterocycles. The molecule has 1 unspecified atom stereocenters. The molecule has 0 radical (unpaired) electrons. The maximum atomic E-state index is 13.0. The number of rotatable bonds is 1. The fraction of sp³-hybridized carbons (Fsp3) is 0.455. The van der Waals surface area contributed by atoms with E-state index in [1.54, 1.807) is 6.07 Å². The standard InChI is InChI=1S/C11H14FN.ClH/c1-8-6-9(2-3-11(8)12)10-4-5-13-7-10;/h2-3,6,10,13H,4-5,7H2,1H3;1H. The highest BCUT2D eigenvalue weighted by Crippen LogP contribution is 2.23. The summed E-state index contributed by atoms with van der Waals surface area (Å²) >= 11 is 0. The first-order valence-corrected chi connectivity index (χ1v) is 4.74. The van der Waals surface area contributed by atoms with Crippen molar-refractivity contribution < 1.29 is 4.39 Å². The molecule has 0 aliphatic carbocycles. The first kappa shape index (κ1) is 11.5. The molecular weight excluding hydrogens is 201 g/mol. The van der Waals surface area contributed by atoms with Crippen LogP contribution in [0.25, 0.3) is 0 Å². The lowest BCUT2D eigenvalue weighted by Crippen LogP contribution is -2.08. The minimum absolute atomic E-state index is 0. The molecule has 1 nitrogen and oxygen atoms in total. The van der Waals surface area contributed by atoms with E-state index in [1.165, 1.54) is 12.0 Å². The molecule has 0 bridgehead atoms. The summed E-state index contributed by atoms with van der Waals surface area (Å²) in [6.07, 6.45) is 1.17. The molecule has 1 saturated heterocycles. The normalized spacial score (nSPS) is 20.6. The van der Waals surface area contributed by atoms with E-state index in [0.717, 1.165) is 18.7 Å². The molecule has 0 saturated carbocycles. The maximum absolute atomic E-state index is 13.0. The van der Waals surface area contributed by atoms with Gasteiger partial charge in [-0.3, -0.25) is 0 Å². The average Bonchev–Trinajstić information content (AvgIpc) is 2.62. The molecular formula is C11H15ClFN. The Bertz CT molecular complexity index is 308. The van der Waals surface area contributed by atoms with Gasteiger partial charge in [0.15, 0.2) is 0 Å². The lowest BCUT2D eigenvalue weighted by Gasteiger charge is -2.09. The Morgan fingerprint density at radius 1 is 1.43 bits per heavy atom. The van der Waals surface area contributed by atoms with Crippen LogP contribution in [-0.2, 0) is 0 Å². The Morgan fingerprint density at radius 2 is 2.21 bits per heavy atom. The van der Waals surface area contributed by atoms with Crippen molar-refractivity contribution in [2.24, 2.45) is 0 Å². The van der Waals surface area contributed by atoms with E-state index in [2.05, 4.69) is 5.32 Å². The summed E-state index contributed by atoms with van der Waals surface area (Å²) in [6.45, 7) is 3.94. The fourth-order valence-corrected chi connectivity index (χ4v) is 1.86. The Kier molecular flexibility index (Phi) is 3.90. The van der Waals surface area contributed by atoms with Crippen LogP contribution in [0.3, 0.4) is 0 Å². The highest BCUT2D eigenvalue weighted by atomic mass is 35.5. The van der Waals surface area contributed by atoms with Crippen molar-refractivity contribution in [2.45, 2.75) is 19.3 Å². The summed E-state index contributed by atoms with van der Waals surface area (Å²) in [4.78, 5) is 0. The molecule has 1 fully saturated rings. The molecule has 2 rings (SSSR count). The van der Waals surface area contributed by atoms with Crippen molar-refractivity contribution in [2.75, 3.05) is 13.1 Å². The van der Waals surface area contributed by atoms with Crippen LogP contribution in [0, 0.1) is 12.7 Å². The minimum Gasteiger partial charge on any atom is -0.316 e. The zero-order valence-electron chi connectivity index (χ0n) is 8.22. The van der Waals surface area contributed by atoms with Gasteiger partial charge in [-0.1, -0.05) is 12.1 Å². The third-order valence-electron chi connectivity index (χ3n) is 2.71. The van der Waals surface area contributed by atoms with Gasteiger partial charge in [-0.2, -0.15) is 0 Å². The number of nitrogens with one attached hydrogen (secondary N) is 1. The third kappa shape index (κ3) is 2.25. The van der Waals surface area contributed by atoms with Crippen molar-refractivity contribution >= 4 is 12.4 Å². The van der Waals surface area contributed by atoms with Gasteiger partial charge in [0.05, 0.1) is 0 Å². The highest BCUT2D eigenvalue weighted by Gasteiger charge is 2.16. The molecule has 1 aromatic rings. The molecule has 1 heterocycles. The maximum Gasteiger partial charge on any atom is 0.126 e. The lowest BCUT2D eigenvalue weighted by molar-refractivity contribution is 0.616. The Morgan fingerprint density at radius 3 is 2.79 bits per heavy atom. The van der Waals surface area contributed by atoms with Gasteiger partial charge in [0, 0.05) is 6.54 Å². The van der Waals surface area contributed by atoms with Crippen molar-refractivity contribution in [3.8, 4) is 0 Å². The smallest absolute Gasteiger partial charge is 0.126 e. The van der Waals surface area contributed by atoms with Gasteiger partial charge in [0.1, 0.15) is 5.82 Å². The summed E-state index contributed by atoms with van der Waals surface area (Å²) < 4.78 is 13.0. The Labute approximate surface area is 90.1 Å². The first-order valence-electron chi connectivity index (χ1n) is 4.74. The van der Waals surface area contributed by atoms with Gasteiger partial charge in [0.2, 0.25) is 0 Å². The van der Waals surface area contributed by atoms with Crippen LogP contribution in [0.5, 0.6) is 0 Å². The monoisotopic (exact) mass is 215 g/mol. The predicted molar refractivity (Wildman–Crippen MR) is 58.6 cm³/mol. The molecule has 0 spiro atoms. The minimum atomic E-state index is -0.102. The van der Waals surface area contributed by atoms with E-state index in [1.807, 2.05) is 19.1 Å². The van der Waals surface area contributed by atoms with Gasteiger partial charge in [-0.15, -0.1) is 12.4 Å². The van der Waals surface area contributed by atoms with Crippen LogP contribution in [0.4, 0.5) is 4.39 Å². The van der Waals surface area contributed by atoms with Gasteiger partial charge in [-0.05, 0) is 43.0 Å². The molecule has 1 aliphatic rings. The molecule has 78 valence electrons. The number of aryl methyl sites for hydroxylation is 1. The van der Waals surface area contributed by atoms with E-state index in [-0.39, 0.29) is 18.2 Å². The molecule has 1 N–H and O–H groups in total. The first-order chi connectivity index (χ1) is 6.27. The van der Waals surface area contributed by atoms with E-state index in [9.17, 15) is 4.39 Å². The second-order valence-electron chi connectivity index (χ2n) is 3.70. The SMILES string of the molecule is Cc1cc(C2CCNC2)ccc1F.Cl. The van der Waals surface area contributed by atoms with E-state index >= 15 is 0 Å². The summed E-state index contributed by atoms with van der Waals surface area (Å²) in [5, 5.41) is 3.31. The van der Waals surface area contributed by atoms with Crippen molar-refractivity contribution in [1.82, 2.24) is 5.32 Å². The molecule has 1 atom stereocenters. The molecule has 3 heteroatoms. The van der Waals surface area contributed by atoms with Gasteiger partial charge in [0.25, 0.3) is 0 Å². The fourth-order valence-electron chi connectivity index (χ4n) is 1.86. The molecule has 14 heavy (non-hydrogen) atoms. The zero-order valence-corrected chi connectivity index (χ0v) is 9.03. The van der Waals surface area contributed by atoms with Crippen LogP contribution < -0.4 is 5.32 Å². The Balaban J connectivity index is 0.000000980. The summed E-state index contributed by atoms with van der Waals surface area (Å²) in [5.74, 6) is 0.481. The quantitative estimate of drug-likeness (QED) is 0.760. The third-order valence-corrected chi connectivity index (χ3v) is 2.71. The van der Waals surface area contributed by atoms with E-state index in [0.29, 0.717) is 5.92 Å². The van der Waals surface area contributed by atoms with Crippen LogP contribution in [0.15, 0.2) is 18.2 Å². The average molecular weight is 216 g/mol. The van der Waals surface area contributed by atoms with Crippen LogP contribution >= 0.6 is 12.4 Å². The van der Waals surface area contributed by atoms with Crippen molar-refractivity contribution in [3.05, 3.63) is 35.1 Å². The van der Waals surface area contributed by atoms with Crippen LogP contribution in [-0.4, -0.2) is 13.1 Å². The second-order valence-corrected chi connectivity index (χ2v) is 3.70. The zero-order chi connectivity index (χ0) is 9.26. The lowest BCUT2D eigenvalue weighted by atomic mass is 9.97. The second kappa shape index (κ2) is 4.76. The van der Waals surface area contributed by atoms with Gasteiger partial charge >= 0.3 is 0 Å². The largest absolute Gasteiger partial charge is 0.316 e. The van der Waals surface area contributed by atoms with Crippen molar-refractivity contribution in [3.63, 3.8) is 0 Å². The molecule has 1 aliphatic heterocycles. The predicted octanol–water partition coefficient (Wildman–Crippen LogP) is 2.63. The van der Waals surface area contributed by atoms with E-state index in [4.69, 9.17) is 0 Å². The topological polar surface area (TPSA) is 12.0 Å². The number of hydrogen-bond donors (Lipinski definition) is 1. The summed E-state index contributed by atoms with van der Waals surface area (Å²) in [6, 6.07) is 5.44. The molecule has 0 amide bonds. The molecule has 1 aromatic carbocycles. The van der Waals surface area contributed by atoms with Gasteiger partial charge < -0.3 is 5.32 Å². The van der Waals surface area contributed by atoms with Crippen molar-refractivity contribution in [1.29, 1.82) is 0 Å². The summed E-state index contributed by atoms with van der Waals surface area (Å²) in [5.41, 5.74) is 2.02. The number of hydrogen-bond acceptors (Lipinski definition) is 1. The van der Waals surface area contributed by atoms with Crippen LogP contribution in [0.1, 0.15) is 23.5 Å². The Hall–Kier alpha value is -0.600. The highest BCUT2D eigenvalue weighted by molar-refractivity contribution is 5.85. The summed E-state index contributed by atoms with van der Waals surface area (Å²) in [7, 11) is 0. The number of benzene rings is 1. The van der Waals surface area contributed by atoms with E-state index < -0.39 is 0 Å².